The minimum Gasteiger partial charge on any atom is -0.489 e. The molecule has 0 aliphatic heterocycles. The van der Waals surface area contributed by atoms with E-state index in [0.29, 0.717) is 5.56 Å². The minimum atomic E-state index is -1.03. The molecule has 2 aromatic rings. The van der Waals surface area contributed by atoms with Gasteiger partial charge in [0.25, 0.3) is 5.69 Å². The zero-order chi connectivity index (χ0) is 14.7. The maximum Gasteiger partial charge on any atom is 0.269 e. The molecule has 0 aliphatic carbocycles. The van der Waals surface area contributed by atoms with Gasteiger partial charge in [-0.2, -0.15) is 0 Å². The van der Waals surface area contributed by atoms with Gasteiger partial charge in [-0.1, -0.05) is 11.6 Å². The molecule has 7 heteroatoms. The monoisotopic (exact) mass is 299 g/mol. The Hall–Kier alpha value is -2.21. The molecule has 0 N–H and O–H groups in total. The lowest BCUT2D eigenvalue weighted by Crippen LogP contribution is -1.99. The van der Waals surface area contributed by atoms with Crippen LogP contribution in [0.1, 0.15) is 5.56 Å². The molecule has 0 heterocycles. The first-order valence-electron chi connectivity index (χ1n) is 5.48. The summed E-state index contributed by atoms with van der Waals surface area (Å²) in [7, 11) is 0. The fourth-order valence-electron chi connectivity index (χ4n) is 1.51. The molecule has 0 saturated heterocycles. The van der Waals surface area contributed by atoms with Crippen molar-refractivity contribution in [3.05, 3.63) is 68.7 Å². The lowest BCUT2D eigenvalue weighted by Gasteiger charge is -2.08. The molecule has 0 spiro atoms. The van der Waals surface area contributed by atoms with Gasteiger partial charge in [-0.3, -0.25) is 10.1 Å². The lowest BCUT2D eigenvalue weighted by atomic mass is 10.2. The average molecular weight is 300 g/mol. The third-order valence-electron chi connectivity index (χ3n) is 2.53. The Morgan fingerprint density at radius 2 is 1.90 bits per heavy atom. The summed E-state index contributed by atoms with van der Waals surface area (Å²) in [6.07, 6.45) is 0. The van der Waals surface area contributed by atoms with Gasteiger partial charge in [-0.25, -0.2) is 8.78 Å². The van der Waals surface area contributed by atoms with Crippen LogP contribution in [-0.2, 0) is 6.61 Å². The highest BCUT2D eigenvalue weighted by Gasteiger charge is 2.11. The van der Waals surface area contributed by atoms with E-state index in [1.807, 2.05) is 0 Å². The molecule has 2 aromatic carbocycles. The van der Waals surface area contributed by atoms with Gasteiger partial charge in [0.15, 0.2) is 11.6 Å². The molecule has 104 valence electrons. The number of ether oxygens (including phenoxy) is 1. The van der Waals surface area contributed by atoms with Gasteiger partial charge in [-0.15, -0.1) is 0 Å². The second-order valence-electron chi connectivity index (χ2n) is 3.90. The molecule has 4 nitrogen and oxygen atoms in total. The van der Waals surface area contributed by atoms with Crippen molar-refractivity contribution in [3.8, 4) is 5.75 Å². The summed E-state index contributed by atoms with van der Waals surface area (Å²) in [6.45, 7) is -0.0917. The Labute approximate surface area is 117 Å². The highest BCUT2D eigenvalue weighted by molar-refractivity contribution is 6.31. The Morgan fingerprint density at radius 3 is 2.55 bits per heavy atom. The van der Waals surface area contributed by atoms with Crippen LogP contribution >= 0.6 is 11.6 Å². The van der Waals surface area contributed by atoms with E-state index in [2.05, 4.69) is 0 Å². The Balaban J connectivity index is 2.15. The summed E-state index contributed by atoms with van der Waals surface area (Å²) in [6, 6.07) is 6.99. The molecule has 0 saturated carbocycles. The summed E-state index contributed by atoms with van der Waals surface area (Å²) < 4.78 is 31.0. The third kappa shape index (κ3) is 3.21. The number of nitro benzene ring substituents is 1. The van der Waals surface area contributed by atoms with Crippen LogP contribution in [0, 0.1) is 21.7 Å². The van der Waals surface area contributed by atoms with Crippen molar-refractivity contribution in [1.29, 1.82) is 0 Å². The first-order chi connectivity index (χ1) is 9.47. The van der Waals surface area contributed by atoms with Gasteiger partial charge in [0.05, 0.1) is 4.92 Å². The Bertz CT molecular complexity index is 664. The normalized spacial score (nSPS) is 10.3. The van der Waals surface area contributed by atoms with Crippen molar-refractivity contribution in [2.24, 2.45) is 0 Å². The molecule has 0 aromatic heterocycles. The number of nitro groups is 1. The molecule has 0 atom stereocenters. The molecule has 0 fully saturated rings. The molecule has 0 aliphatic rings. The quantitative estimate of drug-likeness (QED) is 0.630. The minimum absolute atomic E-state index is 0.0917. The zero-order valence-electron chi connectivity index (χ0n) is 9.98. The topological polar surface area (TPSA) is 52.4 Å². The predicted molar refractivity (Wildman–Crippen MR) is 68.8 cm³/mol. The third-order valence-corrected chi connectivity index (χ3v) is 2.89. The van der Waals surface area contributed by atoms with E-state index in [4.69, 9.17) is 16.3 Å². The predicted octanol–water partition coefficient (Wildman–Crippen LogP) is 4.11. The SMILES string of the molecule is O=[N+]([O-])c1ccc(Cl)c(COc2ccc(F)c(F)c2)c1. The summed E-state index contributed by atoms with van der Waals surface area (Å²) in [5.74, 6) is -1.91. The first-order valence-corrected chi connectivity index (χ1v) is 5.86. The maximum absolute atomic E-state index is 13.0. The highest BCUT2D eigenvalue weighted by Crippen LogP contribution is 2.24. The lowest BCUT2D eigenvalue weighted by molar-refractivity contribution is -0.384. The van der Waals surface area contributed by atoms with Crippen LogP contribution in [0.15, 0.2) is 36.4 Å². The molecule has 2 rings (SSSR count). The second kappa shape index (κ2) is 5.83. The van der Waals surface area contributed by atoms with Gasteiger partial charge < -0.3 is 4.74 Å². The number of hydrogen-bond acceptors (Lipinski definition) is 3. The highest BCUT2D eigenvalue weighted by atomic mass is 35.5. The van der Waals surface area contributed by atoms with Gasteiger partial charge in [0.2, 0.25) is 0 Å². The van der Waals surface area contributed by atoms with Crippen molar-refractivity contribution in [1.82, 2.24) is 0 Å². The summed E-state index contributed by atoms with van der Waals surface area (Å²) >= 11 is 5.89. The Morgan fingerprint density at radius 1 is 1.15 bits per heavy atom. The maximum atomic E-state index is 13.0. The van der Waals surface area contributed by atoms with Crippen LogP contribution in [-0.4, -0.2) is 4.92 Å². The van der Waals surface area contributed by atoms with Crippen molar-refractivity contribution in [2.75, 3.05) is 0 Å². The number of hydrogen-bond donors (Lipinski definition) is 0. The van der Waals surface area contributed by atoms with Gasteiger partial charge >= 0.3 is 0 Å². The van der Waals surface area contributed by atoms with E-state index in [0.717, 1.165) is 12.1 Å². The van der Waals surface area contributed by atoms with Gasteiger partial charge in [-0.05, 0) is 18.2 Å². The molecule has 0 bridgehead atoms. The zero-order valence-corrected chi connectivity index (χ0v) is 10.7. The van der Waals surface area contributed by atoms with Crippen LogP contribution in [0.25, 0.3) is 0 Å². The van der Waals surface area contributed by atoms with E-state index in [1.54, 1.807) is 0 Å². The molecule has 20 heavy (non-hydrogen) atoms. The van der Waals surface area contributed by atoms with Gasteiger partial charge in [0.1, 0.15) is 12.4 Å². The fraction of sp³-hybridized carbons (Fsp3) is 0.0769. The average Bonchev–Trinajstić information content (AvgIpc) is 2.41. The first kappa shape index (κ1) is 14.2. The largest absolute Gasteiger partial charge is 0.489 e. The smallest absolute Gasteiger partial charge is 0.269 e. The summed E-state index contributed by atoms with van der Waals surface area (Å²) in [5, 5.41) is 10.9. The van der Waals surface area contributed by atoms with E-state index < -0.39 is 16.6 Å². The number of non-ortho nitro benzene ring substituents is 1. The van der Waals surface area contributed by atoms with E-state index in [9.17, 15) is 18.9 Å². The summed E-state index contributed by atoms with van der Waals surface area (Å²) in [4.78, 5) is 10.1. The molecular weight excluding hydrogens is 292 g/mol. The molecule has 0 amide bonds. The van der Waals surface area contributed by atoms with Crippen molar-refractivity contribution in [3.63, 3.8) is 0 Å². The van der Waals surface area contributed by atoms with Crippen LogP contribution < -0.4 is 4.74 Å². The molecular formula is C13H8ClF2NO3. The van der Waals surface area contributed by atoms with E-state index in [-0.39, 0.29) is 23.1 Å². The fourth-order valence-corrected chi connectivity index (χ4v) is 1.69. The Kier molecular flexibility index (Phi) is 4.14. The van der Waals surface area contributed by atoms with Crippen LogP contribution in [0.4, 0.5) is 14.5 Å². The van der Waals surface area contributed by atoms with Crippen molar-refractivity contribution >= 4 is 17.3 Å². The number of halogens is 3. The van der Waals surface area contributed by atoms with Crippen LogP contribution in [0.5, 0.6) is 5.75 Å². The van der Waals surface area contributed by atoms with E-state index in [1.165, 1.54) is 24.3 Å². The summed E-state index contributed by atoms with van der Waals surface area (Å²) in [5.41, 5.74) is 0.254. The van der Waals surface area contributed by atoms with Crippen LogP contribution in [0.2, 0.25) is 5.02 Å². The van der Waals surface area contributed by atoms with Crippen LogP contribution in [0.3, 0.4) is 0 Å². The molecule has 0 unspecified atom stereocenters. The number of nitrogens with zero attached hydrogens (tertiary/aromatic N) is 1. The van der Waals surface area contributed by atoms with Crippen molar-refractivity contribution < 1.29 is 18.4 Å². The number of rotatable bonds is 4. The standard InChI is InChI=1S/C13H8ClF2NO3/c14-11-3-1-9(17(18)19)5-8(11)7-20-10-2-4-12(15)13(16)6-10/h1-6H,7H2. The van der Waals surface area contributed by atoms with Gasteiger partial charge in [0, 0.05) is 28.8 Å². The van der Waals surface area contributed by atoms with Crippen molar-refractivity contribution in [2.45, 2.75) is 6.61 Å². The second-order valence-corrected chi connectivity index (χ2v) is 4.30. The molecule has 0 radical (unpaired) electrons. The number of benzene rings is 2. The van der Waals surface area contributed by atoms with E-state index >= 15 is 0 Å².